The third-order valence-corrected chi connectivity index (χ3v) is 8.72. The van der Waals surface area contributed by atoms with E-state index in [0.29, 0.717) is 43.4 Å². The monoisotopic (exact) mass is 452 g/mol. The minimum atomic E-state index is -3.51. The predicted octanol–water partition coefficient (Wildman–Crippen LogP) is 2.91. The molecular formula is C21H32N4O3S2. The number of sulfonamides is 1. The van der Waals surface area contributed by atoms with Crippen LogP contribution in [0.5, 0.6) is 0 Å². The Hall–Kier alpha value is -1.71. The number of carbonyl (C=O) groups excluding carboxylic acids is 1. The van der Waals surface area contributed by atoms with Gasteiger partial charge in [0.05, 0.1) is 17.0 Å². The Labute approximate surface area is 183 Å². The van der Waals surface area contributed by atoms with Crippen molar-refractivity contribution in [2.75, 3.05) is 26.2 Å². The van der Waals surface area contributed by atoms with Crippen molar-refractivity contribution in [3.05, 3.63) is 32.8 Å². The molecular weight excluding hydrogens is 420 g/mol. The van der Waals surface area contributed by atoms with Crippen LogP contribution in [-0.2, 0) is 27.8 Å². The SMILES string of the molecule is Cc1cc(S(=O)(=O)N2CCN(C(=O)Cc3c(C)nn(CC(C)C)c3C)CC2)c(C)s1. The van der Waals surface area contributed by atoms with Gasteiger partial charge in [-0.3, -0.25) is 9.48 Å². The molecule has 3 heterocycles. The molecule has 7 nitrogen and oxygen atoms in total. The van der Waals surface area contributed by atoms with Crippen LogP contribution in [0.15, 0.2) is 11.0 Å². The lowest BCUT2D eigenvalue weighted by Crippen LogP contribution is -2.50. The minimum absolute atomic E-state index is 0.0323. The molecule has 1 amide bonds. The highest BCUT2D eigenvalue weighted by Gasteiger charge is 2.32. The average Bonchev–Trinajstić information content (AvgIpc) is 3.14. The number of thiophene rings is 1. The molecule has 1 saturated heterocycles. The van der Waals surface area contributed by atoms with Crippen LogP contribution in [-0.4, -0.2) is 59.5 Å². The van der Waals surface area contributed by atoms with Gasteiger partial charge in [-0.2, -0.15) is 9.40 Å². The van der Waals surface area contributed by atoms with E-state index in [-0.39, 0.29) is 5.91 Å². The van der Waals surface area contributed by atoms with Gasteiger partial charge >= 0.3 is 0 Å². The van der Waals surface area contributed by atoms with E-state index in [2.05, 4.69) is 18.9 Å². The number of piperazine rings is 1. The van der Waals surface area contributed by atoms with Crippen LogP contribution in [0.1, 0.15) is 40.6 Å². The molecule has 0 aliphatic carbocycles. The normalized spacial score (nSPS) is 15.9. The van der Waals surface area contributed by atoms with Crippen molar-refractivity contribution in [2.45, 2.75) is 59.4 Å². The van der Waals surface area contributed by atoms with Gasteiger partial charge in [0.25, 0.3) is 0 Å². The lowest BCUT2D eigenvalue weighted by Gasteiger charge is -2.34. The molecule has 0 spiro atoms. The van der Waals surface area contributed by atoms with E-state index >= 15 is 0 Å². The zero-order valence-electron chi connectivity index (χ0n) is 18.7. The van der Waals surface area contributed by atoms with Crippen LogP contribution in [0.4, 0.5) is 0 Å². The van der Waals surface area contributed by atoms with Gasteiger partial charge in [0, 0.05) is 53.7 Å². The summed E-state index contributed by atoms with van der Waals surface area (Å²) < 4.78 is 29.5. The van der Waals surface area contributed by atoms with E-state index in [1.807, 2.05) is 32.4 Å². The summed E-state index contributed by atoms with van der Waals surface area (Å²) >= 11 is 1.50. The first kappa shape index (κ1) is 23.0. The van der Waals surface area contributed by atoms with Gasteiger partial charge in [0.1, 0.15) is 0 Å². The van der Waals surface area contributed by atoms with Crippen LogP contribution in [0.2, 0.25) is 0 Å². The summed E-state index contributed by atoms with van der Waals surface area (Å²) in [5.74, 6) is 0.516. The summed E-state index contributed by atoms with van der Waals surface area (Å²) in [7, 11) is -3.51. The second-order valence-electron chi connectivity index (χ2n) is 8.46. The fourth-order valence-corrected chi connectivity index (χ4v) is 6.90. The van der Waals surface area contributed by atoms with Gasteiger partial charge in [-0.05, 0) is 39.7 Å². The minimum Gasteiger partial charge on any atom is -0.340 e. The molecule has 1 fully saturated rings. The van der Waals surface area contributed by atoms with Gasteiger partial charge in [-0.15, -0.1) is 11.3 Å². The maximum Gasteiger partial charge on any atom is 0.244 e. The molecule has 30 heavy (non-hydrogen) atoms. The van der Waals surface area contributed by atoms with Gasteiger partial charge in [0.2, 0.25) is 15.9 Å². The van der Waals surface area contributed by atoms with Gasteiger partial charge in [-0.25, -0.2) is 8.42 Å². The lowest BCUT2D eigenvalue weighted by atomic mass is 10.1. The predicted molar refractivity (Wildman–Crippen MR) is 119 cm³/mol. The van der Waals surface area contributed by atoms with Crippen LogP contribution < -0.4 is 0 Å². The molecule has 0 bridgehead atoms. The van der Waals surface area contributed by atoms with Crippen molar-refractivity contribution in [3.8, 4) is 0 Å². The summed E-state index contributed by atoms with van der Waals surface area (Å²) in [6.45, 7) is 14.3. The number of rotatable bonds is 6. The highest BCUT2D eigenvalue weighted by Crippen LogP contribution is 2.28. The molecule has 0 N–H and O–H groups in total. The van der Waals surface area contributed by atoms with E-state index in [0.717, 1.165) is 33.3 Å². The van der Waals surface area contributed by atoms with E-state index < -0.39 is 10.0 Å². The van der Waals surface area contributed by atoms with Crippen LogP contribution in [0.3, 0.4) is 0 Å². The lowest BCUT2D eigenvalue weighted by molar-refractivity contribution is -0.131. The van der Waals surface area contributed by atoms with Gasteiger partial charge in [0.15, 0.2) is 0 Å². The topological polar surface area (TPSA) is 75.5 Å². The molecule has 0 atom stereocenters. The fraction of sp³-hybridized carbons (Fsp3) is 0.619. The molecule has 0 aromatic carbocycles. The maximum atomic E-state index is 13.0. The largest absolute Gasteiger partial charge is 0.340 e. The number of carbonyl (C=O) groups is 1. The molecule has 0 radical (unpaired) electrons. The summed E-state index contributed by atoms with van der Waals surface area (Å²) in [6.07, 6.45) is 0.311. The maximum absolute atomic E-state index is 13.0. The fourth-order valence-electron chi connectivity index (χ4n) is 3.96. The van der Waals surface area contributed by atoms with Gasteiger partial charge in [-0.1, -0.05) is 13.8 Å². The summed E-state index contributed by atoms with van der Waals surface area (Å²) in [5, 5.41) is 4.60. The van der Waals surface area contributed by atoms with Crippen LogP contribution >= 0.6 is 11.3 Å². The average molecular weight is 453 g/mol. The standard InChI is InChI=1S/C21H32N4O3S2/c1-14(2)13-25-17(5)19(16(4)22-25)12-21(26)23-7-9-24(10-8-23)30(27,28)20-11-15(3)29-18(20)6/h11,14H,7-10,12-13H2,1-6H3. The second kappa shape index (κ2) is 8.80. The zero-order valence-corrected chi connectivity index (χ0v) is 20.4. The number of amides is 1. The number of aryl methyl sites for hydroxylation is 3. The Morgan fingerprint density at radius 3 is 2.30 bits per heavy atom. The Bertz CT molecular complexity index is 1030. The Kier molecular flexibility index (Phi) is 6.74. The molecule has 2 aromatic rings. The number of hydrogen-bond acceptors (Lipinski definition) is 5. The van der Waals surface area contributed by atoms with Crippen molar-refractivity contribution < 1.29 is 13.2 Å². The van der Waals surface area contributed by atoms with Crippen molar-refractivity contribution in [1.29, 1.82) is 0 Å². The number of nitrogens with zero attached hydrogens (tertiary/aromatic N) is 4. The third kappa shape index (κ3) is 4.63. The highest BCUT2D eigenvalue weighted by molar-refractivity contribution is 7.89. The summed E-state index contributed by atoms with van der Waals surface area (Å²) in [4.78, 5) is 16.9. The number of aromatic nitrogens is 2. The zero-order chi connectivity index (χ0) is 22.2. The second-order valence-corrected chi connectivity index (χ2v) is 11.8. The van der Waals surface area contributed by atoms with E-state index in [1.165, 1.54) is 15.6 Å². The Morgan fingerprint density at radius 2 is 1.77 bits per heavy atom. The summed E-state index contributed by atoms with van der Waals surface area (Å²) in [5.41, 5.74) is 2.92. The van der Waals surface area contributed by atoms with E-state index in [4.69, 9.17) is 0 Å². The van der Waals surface area contributed by atoms with Gasteiger partial charge < -0.3 is 4.90 Å². The first-order valence-electron chi connectivity index (χ1n) is 10.4. The van der Waals surface area contributed by atoms with E-state index in [9.17, 15) is 13.2 Å². The Morgan fingerprint density at radius 1 is 1.13 bits per heavy atom. The molecule has 2 aromatic heterocycles. The first-order valence-corrected chi connectivity index (χ1v) is 12.6. The van der Waals surface area contributed by atoms with Crippen molar-refractivity contribution in [1.82, 2.24) is 19.0 Å². The third-order valence-electron chi connectivity index (χ3n) is 5.60. The first-order chi connectivity index (χ1) is 14.0. The summed E-state index contributed by atoms with van der Waals surface area (Å²) in [6, 6.07) is 1.74. The van der Waals surface area contributed by atoms with Crippen molar-refractivity contribution in [2.24, 2.45) is 5.92 Å². The van der Waals surface area contributed by atoms with Crippen molar-refractivity contribution in [3.63, 3.8) is 0 Å². The van der Waals surface area contributed by atoms with Crippen LogP contribution in [0.25, 0.3) is 0 Å². The Balaban J connectivity index is 1.65. The smallest absolute Gasteiger partial charge is 0.244 e. The molecule has 1 aliphatic rings. The quantitative estimate of drug-likeness (QED) is 0.675. The highest BCUT2D eigenvalue weighted by atomic mass is 32.2. The molecule has 1 aliphatic heterocycles. The van der Waals surface area contributed by atoms with Crippen molar-refractivity contribution >= 4 is 27.3 Å². The van der Waals surface area contributed by atoms with Crippen LogP contribution in [0, 0.1) is 33.6 Å². The molecule has 0 unspecified atom stereocenters. The molecule has 0 saturated carbocycles. The molecule has 9 heteroatoms. The number of hydrogen-bond donors (Lipinski definition) is 0. The molecule has 166 valence electrons. The molecule has 3 rings (SSSR count). The van der Waals surface area contributed by atoms with E-state index in [1.54, 1.807) is 11.0 Å².